The Morgan fingerprint density at radius 1 is 1.47 bits per heavy atom. The third-order valence-electron chi connectivity index (χ3n) is 2.70. The van der Waals surface area contributed by atoms with E-state index in [4.69, 9.17) is 4.42 Å². The van der Waals surface area contributed by atoms with Crippen molar-refractivity contribution in [2.75, 3.05) is 11.9 Å². The van der Waals surface area contributed by atoms with E-state index in [0.29, 0.717) is 11.4 Å². The van der Waals surface area contributed by atoms with Crippen LogP contribution < -0.4 is 10.6 Å². The van der Waals surface area contributed by atoms with Crippen LogP contribution in [0.25, 0.3) is 0 Å². The molecule has 0 aliphatic heterocycles. The van der Waals surface area contributed by atoms with Gasteiger partial charge in [-0.05, 0) is 38.1 Å². The molecule has 0 aromatic carbocycles. The molecule has 0 aliphatic rings. The minimum absolute atomic E-state index is 0.148. The van der Waals surface area contributed by atoms with Crippen molar-refractivity contribution in [3.63, 3.8) is 0 Å². The second-order valence-corrected chi connectivity index (χ2v) is 4.17. The van der Waals surface area contributed by atoms with E-state index in [1.807, 2.05) is 19.9 Å². The summed E-state index contributed by atoms with van der Waals surface area (Å²) in [4.78, 5) is 16.2. The molecule has 2 rings (SSSR count). The van der Waals surface area contributed by atoms with Gasteiger partial charge in [0, 0.05) is 18.3 Å². The number of nitrogens with one attached hydrogen (secondary N) is 2. The van der Waals surface area contributed by atoms with Crippen LogP contribution in [-0.4, -0.2) is 17.4 Å². The smallest absolute Gasteiger partial charge is 0.252 e. The first-order chi connectivity index (χ1) is 9.20. The number of rotatable bonds is 5. The maximum Gasteiger partial charge on any atom is 0.252 e. The second kappa shape index (κ2) is 6.04. The fourth-order valence-electron chi connectivity index (χ4n) is 1.74. The topological polar surface area (TPSA) is 67.2 Å². The molecule has 1 amide bonds. The van der Waals surface area contributed by atoms with Crippen LogP contribution in [0.1, 0.15) is 36.0 Å². The van der Waals surface area contributed by atoms with Gasteiger partial charge in [0.25, 0.3) is 5.91 Å². The number of hydrogen-bond acceptors (Lipinski definition) is 4. The van der Waals surface area contributed by atoms with Crippen molar-refractivity contribution in [3.05, 3.63) is 48.0 Å². The summed E-state index contributed by atoms with van der Waals surface area (Å²) in [6.07, 6.45) is 3.21. The van der Waals surface area contributed by atoms with Gasteiger partial charge in [0.05, 0.1) is 12.3 Å². The number of carbonyl (C=O) groups excluding carboxylic acids is 1. The van der Waals surface area contributed by atoms with Crippen LogP contribution in [0, 0.1) is 0 Å². The number of nitrogens with zero attached hydrogens (tertiary/aromatic N) is 1. The van der Waals surface area contributed by atoms with Crippen molar-refractivity contribution in [1.82, 2.24) is 10.3 Å². The lowest BCUT2D eigenvalue weighted by atomic mass is 10.2. The lowest BCUT2D eigenvalue weighted by Gasteiger charge is -2.12. The van der Waals surface area contributed by atoms with Gasteiger partial charge in [-0.15, -0.1) is 0 Å². The highest BCUT2D eigenvalue weighted by atomic mass is 16.3. The molecule has 0 saturated heterocycles. The highest BCUT2D eigenvalue weighted by Gasteiger charge is 2.13. The van der Waals surface area contributed by atoms with Crippen LogP contribution in [0.5, 0.6) is 0 Å². The second-order valence-electron chi connectivity index (χ2n) is 4.17. The largest absolute Gasteiger partial charge is 0.467 e. The highest BCUT2D eigenvalue weighted by molar-refractivity contribution is 5.95. The molecule has 0 bridgehead atoms. The van der Waals surface area contributed by atoms with Crippen LogP contribution in [0.15, 0.2) is 41.1 Å². The zero-order valence-corrected chi connectivity index (χ0v) is 11.0. The Labute approximate surface area is 112 Å². The van der Waals surface area contributed by atoms with E-state index >= 15 is 0 Å². The molecule has 19 heavy (non-hydrogen) atoms. The van der Waals surface area contributed by atoms with Crippen LogP contribution in [-0.2, 0) is 0 Å². The van der Waals surface area contributed by atoms with Gasteiger partial charge in [-0.1, -0.05) is 0 Å². The third kappa shape index (κ3) is 3.34. The van der Waals surface area contributed by atoms with Crippen LogP contribution in [0.4, 0.5) is 5.82 Å². The minimum Gasteiger partial charge on any atom is -0.467 e. The Hall–Kier alpha value is -2.30. The Morgan fingerprint density at radius 2 is 2.32 bits per heavy atom. The van der Waals surface area contributed by atoms with Crippen LogP contribution in [0.3, 0.4) is 0 Å². The summed E-state index contributed by atoms with van der Waals surface area (Å²) in [5, 5.41) is 5.95. The molecule has 2 aromatic rings. The van der Waals surface area contributed by atoms with Crippen molar-refractivity contribution in [2.45, 2.75) is 19.9 Å². The molecule has 5 heteroatoms. The highest BCUT2D eigenvalue weighted by Crippen LogP contribution is 2.14. The SMILES string of the molecule is CCNc1cc(C(=O)NC(C)c2ccco2)ccn1. The number of pyridine rings is 1. The Morgan fingerprint density at radius 3 is 3.00 bits per heavy atom. The van der Waals surface area contributed by atoms with E-state index in [1.54, 1.807) is 30.7 Å². The quantitative estimate of drug-likeness (QED) is 0.866. The number of furan rings is 1. The average Bonchev–Trinajstić information content (AvgIpc) is 2.93. The molecule has 5 nitrogen and oxygen atoms in total. The Balaban J connectivity index is 2.05. The Kier molecular flexibility index (Phi) is 4.18. The van der Waals surface area contributed by atoms with Crippen molar-refractivity contribution in [2.24, 2.45) is 0 Å². The number of carbonyl (C=O) groups is 1. The van der Waals surface area contributed by atoms with Crippen molar-refractivity contribution in [1.29, 1.82) is 0 Å². The number of amides is 1. The van der Waals surface area contributed by atoms with Gasteiger partial charge in [0.2, 0.25) is 0 Å². The van der Waals surface area contributed by atoms with Gasteiger partial charge in [-0.25, -0.2) is 4.98 Å². The summed E-state index contributed by atoms with van der Waals surface area (Å²) >= 11 is 0. The van der Waals surface area contributed by atoms with Gasteiger partial charge in [0.15, 0.2) is 0 Å². The van der Waals surface area contributed by atoms with E-state index in [2.05, 4.69) is 15.6 Å². The van der Waals surface area contributed by atoms with Gasteiger partial charge in [0.1, 0.15) is 11.6 Å². The number of aromatic nitrogens is 1. The van der Waals surface area contributed by atoms with Gasteiger partial charge < -0.3 is 15.1 Å². The average molecular weight is 259 g/mol. The molecule has 2 N–H and O–H groups in total. The molecule has 0 spiro atoms. The van der Waals surface area contributed by atoms with Gasteiger partial charge >= 0.3 is 0 Å². The van der Waals surface area contributed by atoms with Crippen LogP contribution >= 0.6 is 0 Å². The minimum atomic E-state index is -0.168. The maximum absolute atomic E-state index is 12.1. The summed E-state index contributed by atoms with van der Waals surface area (Å²) in [5.41, 5.74) is 0.573. The molecule has 0 fully saturated rings. The van der Waals surface area contributed by atoms with Gasteiger partial charge in [-0.3, -0.25) is 4.79 Å². The normalized spacial score (nSPS) is 11.9. The van der Waals surface area contributed by atoms with E-state index in [9.17, 15) is 4.79 Å². The monoisotopic (exact) mass is 259 g/mol. The molecule has 0 radical (unpaired) electrons. The van der Waals surface area contributed by atoms with E-state index in [0.717, 1.165) is 12.3 Å². The third-order valence-corrected chi connectivity index (χ3v) is 2.70. The molecule has 2 aromatic heterocycles. The summed E-state index contributed by atoms with van der Waals surface area (Å²) in [6, 6.07) is 6.88. The first-order valence-electron chi connectivity index (χ1n) is 6.25. The van der Waals surface area contributed by atoms with E-state index < -0.39 is 0 Å². The first-order valence-corrected chi connectivity index (χ1v) is 6.25. The molecule has 1 unspecified atom stereocenters. The maximum atomic E-state index is 12.1. The predicted molar refractivity (Wildman–Crippen MR) is 73.0 cm³/mol. The summed E-state index contributed by atoms with van der Waals surface area (Å²) < 4.78 is 5.25. The van der Waals surface area contributed by atoms with Crippen molar-refractivity contribution >= 4 is 11.7 Å². The van der Waals surface area contributed by atoms with Crippen molar-refractivity contribution < 1.29 is 9.21 Å². The summed E-state index contributed by atoms with van der Waals surface area (Å²) in [6.45, 7) is 4.62. The standard InChI is InChI=1S/C14H17N3O2/c1-3-15-13-9-11(6-7-16-13)14(18)17-10(2)12-5-4-8-19-12/h4-10H,3H2,1-2H3,(H,15,16)(H,17,18). The van der Waals surface area contributed by atoms with Gasteiger partial charge in [-0.2, -0.15) is 0 Å². The summed E-state index contributed by atoms with van der Waals surface area (Å²) in [7, 11) is 0. The molecule has 0 saturated carbocycles. The zero-order chi connectivity index (χ0) is 13.7. The fourth-order valence-corrected chi connectivity index (χ4v) is 1.74. The molecule has 2 heterocycles. The van der Waals surface area contributed by atoms with Crippen molar-refractivity contribution in [3.8, 4) is 0 Å². The molecule has 0 aliphatic carbocycles. The molecule has 1 atom stereocenters. The summed E-state index contributed by atoms with van der Waals surface area (Å²) in [5.74, 6) is 1.28. The number of hydrogen-bond donors (Lipinski definition) is 2. The fraction of sp³-hybridized carbons (Fsp3) is 0.286. The Bertz CT molecular complexity index is 537. The molecular weight excluding hydrogens is 242 g/mol. The lowest BCUT2D eigenvalue weighted by Crippen LogP contribution is -2.26. The first kappa shape index (κ1) is 13.1. The zero-order valence-electron chi connectivity index (χ0n) is 11.0. The lowest BCUT2D eigenvalue weighted by molar-refractivity contribution is 0.0935. The van der Waals surface area contributed by atoms with E-state index in [1.165, 1.54) is 0 Å². The van der Waals surface area contributed by atoms with Crippen LogP contribution in [0.2, 0.25) is 0 Å². The number of anilines is 1. The van der Waals surface area contributed by atoms with E-state index in [-0.39, 0.29) is 11.9 Å². The molecular formula is C14H17N3O2. The predicted octanol–water partition coefficient (Wildman–Crippen LogP) is 2.60. The molecule has 100 valence electrons.